The van der Waals surface area contributed by atoms with Gasteiger partial charge < -0.3 is 21.1 Å². The van der Waals surface area contributed by atoms with Crippen molar-refractivity contribution in [3.05, 3.63) is 71.8 Å². The Labute approximate surface area is 266 Å². The predicted molar refractivity (Wildman–Crippen MR) is 161 cm³/mol. The first-order valence-electron chi connectivity index (χ1n) is 12.5. The van der Waals surface area contributed by atoms with Crippen LogP contribution in [0.2, 0.25) is 0 Å². The van der Waals surface area contributed by atoms with Crippen LogP contribution >= 0.6 is 0 Å². The molecule has 0 unspecified atom stereocenters. The topological polar surface area (TPSA) is 245 Å². The Kier molecular flexibility index (Phi) is 8.90. The Hall–Kier alpha value is -4.64. The van der Waals surface area contributed by atoms with Crippen molar-refractivity contribution in [1.29, 1.82) is 0 Å². The molecule has 0 aromatic heterocycles. The van der Waals surface area contributed by atoms with Gasteiger partial charge >= 0.3 is 0 Å². The van der Waals surface area contributed by atoms with Crippen molar-refractivity contribution in [2.45, 2.75) is 23.6 Å². The monoisotopic (exact) mass is 700 g/mol. The summed E-state index contributed by atoms with van der Waals surface area (Å²) in [5, 5.41) is 49.0. The van der Waals surface area contributed by atoms with E-state index in [9.17, 15) is 41.3 Å². The zero-order chi connectivity index (χ0) is 32.1. The van der Waals surface area contributed by atoms with E-state index in [0.29, 0.717) is 23.0 Å². The predicted octanol–water partition coefficient (Wildman–Crippen LogP) is 6.63. The number of benzene rings is 5. The van der Waals surface area contributed by atoms with Crippen LogP contribution in [0.15, 0.2) is 90.9 Å². The van der Waals surface area contributed by atoms with E-state index in [1.54, 1.807) is 37.3 Å². The SMILES string of the molecule is Cc1cc2c(N=Nc3c(C)cc4cc(S(=O)(=O)O)cc(S(=O)(=O)O)c4c3O)c(O)ccc2c(O)c1N=Nc1ccc(N)cc1.[Cu]. The van der Waals surface area contributed by atoms with Crippen LogP contribution in [-0.2, 0) is 37.3 Å². The summed E-state index contributed by atoms with van der Waals surface area (Å²) in [6.45, 7) is 3.11. The van der Waals surface area contributed by atoms with E-state index in [4.69, 9.17) is 5.73 Å². The number of rotatable bonds is 6. The minimum absolute atomic E-state index is 0. The molecule has 5 aromatic rings. The number of aryl methyl sites for hydroxylation is 2. The van der Waals surface area contributed by atoms with Gasteiger partial charge in [-0.3, -0.25) is 9.11 Å². The van der Waals surface area contributed by atoms with E-state index in [1.165, 1.54) is 25.1 Å². The summed E-state index contributed by atoms with van der Waals surface area (Å²) < 4.78 is 66.8. The Balaban J connectivity index is 0.00000461. The van der Waals surface area contributed by atoms with Crippen molar-refractivity contribution >= 4 is 70.2 Å². The van der Waals surface area contributed by atoms with Crippen LogP contribution in [0, 0.1) is 13.8 Å². The fraction of sp³-hybridized carbons (Fsp3) is 0.0714. The summed E-state index contributed by atoms with van der Waals surface area (Å²) in [4.78, 5) is -1.82. The van der Waals surface area contributed by atoms with Gasteiger partial charge in [-0.2, -0.15) is 21.9 Å². The van der Waals surface area contributed by atoms with Gasteiger partial charge in [0.15, 0.2) is 11.5 Å². The van der Waals surface area contributed by atoms with Crippen molar-refractivity contribution < 1.29 is 58.3 Å². The first kappa shape index (κ1) is 33.3. The number of azo groups is 2. The van der Waals surface area contributed by atoms with E-state index >= 15 is 0 Å². The molecule has 45 heavy (non-hydrogen) atoms. The maximum absolute atomic E-state index is 12.1. The fourth-order valence-corrected chi connectivity index (χ4v) is 5.96. The third-order valence-corrected chi connectivity index (χ3v) is 8.42. The largest absolute Gasteiger partial charge is 0.506 e. The van der Waals surface area contributed by atoms with Crippen LogP contribution in [0.4, 0.5) is 28.4 Å². The fourth-order valence-electron chi connectivity index (χ4n) is 4.59. The molecule has 5 rings (SSSR count). The van der Waals surface area contributed by atoms with Crippen LogP contribution in [-0.4, -0.2) is 41.3 Å². The average molecular weight is 701 g/mol. The second kappa shape index (κ2) is 12.0. The number of anilines is 1. The first-order valence-corrected chi connectivity index (χ1v) is 15.4. The zero-order valence-corrected chi connectivity index (χ0v) is 25.7. The molecular formula is C28H23CuN5O9S2. The molecule has 0 bridgehead atoms. The van der Waals surface area contributed by atoms with E-state index in [0.717, 1.165) is 6.07 Å². The third kappa shape index (κ3) is 6.44. The molecule has 0 amide bonds. The molecule has 1 radical (unpaired) electrons. The van der Waals surface area contributed by atoms with E-state index in [-0.39, 0.29) is 67.4 Å². The molecule has 0 aliphatic rings. The van der Waals surface area contributed by atoms with Gasteiger partial charge in [0, 0.05) is 38.9 Å². The second-order valence-electron chi connectivity index (χ2n) is 9.77. The number of fused-ring (bicyclic) bond motifs is 2. The second-order valence-corrected chi connectivity index (χ2v) is 12.6. The number of nitrogens with two attached hydrogens (primary N) is 1. The van der Waals surface area contributed by atoms with Crippen molar-refractivity contribution in [2.75, 3.05) is 5.73 Å². The average Bonchev–Trinajstić information content (AvgIpc) is 2.93. The molecule has 17 heteroatoms. The number of hydrogen-bond donors (Lipinski definition) is 6. The van der Waals surface area contributed by atoms with Crippen LogP contribution in [0.5, 0.6) is 17.2 Å². The van der Waals surface area contributed by atoms with Crippen LogP contribution < -0.4 is 5.73 Å². The molecule has 0 spiro atoms. The van der Waals surface area contributed by atoms with Gasteiger partial charge in [0.2, 0.25) is 0 Å². The van der Waals surface area contributed by atoms with Crippen LogP contribution in [0.25, 0.3) is 21.5 Å². The molecule has 5 aromatic carbocycles. The Morgan fingerprint density at radius 1 is 0.644 bits per heavy atom. The molecular weight excluding hydrogens is 678 g/mol. The van der Waals surface area contributed by atoms with E-state index in [1.807, 2.05) is 0 Å². The molecule has 0 atom stereocenters. The smallest absolute Gasteiger partial charge is 0.295 e. The Morgan fingerprint density at radius 2 is 1.22 bits per heavy atom. The number of phenols is 3. The summed E-state index contributed by atoms with van der Waals surface area (Å²) in [7, 11) is -9.98. The van der Waals surface area contributed by atoms with Gasteiger partial charge in [0.25, 0.3) is 20.2 Å². The maximum atomic E-state index is 12.1. The summed E-state index contributed by atoms with van der Waals surface area (Å²) in [5.41, 5.74) is 7.17. The van der Waals surface area contributed by atoms with Gasteiger partial charge in [-0.15, -0.1) is 15.3 Å². The Morgan fingerprint density at radius 3 is 1.84 bits per heavy atom. The van der Waals surface area contributed by atoms with Gasteiger partial charge in [0.1, 0.15) is 27.7 Å². The van der Waals surface area contributed by atoms with Crippen LogP contribution in [0.3, 0.4) is 0 Å². The number of nitrogens with zero attached hydrogens (tertiary/aromatic N) is 4. The number of nitrogen functional groups attached to an aromatic ring is 1. The van der Waals surface area contributed by atoms with Gasteiger partial charge in [-0.05, 0) is 91.0 Å². The molecule has 14 nitrogen and oxygen atoms in total. The third-order valence-electron chi connectivity index (χ3n) is 6.71. The van der Waals surface area contributed by atoms with Crippen LogP contribution in [0.1, 0.15) is 11.1 Å². The molecule has 0 fully saturated rings. The molecule has 7 N–H and O–H groups in total. The van der Waals surface area contributed by atoms with Crippen molar-refractivity contribution in [1.82, 2.24) is 0 Å². The summed E-state index contributed by atoms with van der Waals surface area (Å²) in [5.74, 6) is -1.37. The minimum atomic E-state index is -5.10. The van der Waals surface area contributed by atoms with Gasteiger partial charge in [-0.25, -0.2) is 0 Å². The van der Waals surface area contributed by atoms with Crippen molar-refractivity contribution in [3.8, 4) is 17.2 Å². The zero-order valence-electron chi connectivity index (χ0n) is 23.1. The number of hydrogen-bond acceptors (Lipinski definition) is 12. The number of aromatic hydroxyl groups is 3. The Bertz CT molecular complexity index is 2290. The van der Waals surface area contributed by atoms with Crippen molar-refractivity contribution in [3.63, 3.8) is 0 Å². The molecule has 237 valence electrons. The minimum Gasteiger partial charge on any atom is -0.506 e. The van der Waals surface area contributed by atoms with Gasteiger partial charge in [0.05, 0.1) is 10.6 Å². The molecule has 0 saturated heterocycles. The number of phenolic OH excluding ortho intramolecular Hbond substituents is 3. The summed E-state index contributed by atoms with van der Waals surface area (Å²) in [6.07, 6.45) is 0. The van der Waals surface area contributed by atoms with Gasteiger partial charge in [-0.1, -0.05) is 0 Å². The molecule has 0 heterocycles. The van der Waals surface area contributed by atoms with Crippen molar-refractivity contribution in [2.24, 2.45) is 20.5 Å². The van der Waals surface area contributed by atoms with E-state index in [2.05, 4.69) is 20.5 Å². The molecule has 0 aliphatic heterocycles. The molecule has 0 saturated carbocycles. The summed E-state index contributed by atoms with van der Waals surface area (Å²) in [6, 6.07) is 13.6. The summed E-state index contributed by atoms with van der Waals surface area (Å²) >= 11 is 0. The van der Waals surface area contributed by atoms with E-state index < -0.39 is 41.2 Å². The first-order chi connectivity index (χ1) is 20.6. The maximum Gasteiger partial charge on any atom is 0.295 e. The normalized spacial score (nSPS) is 12.4. The quantitative estimate of drug-likeness (QED) is 0.0477. The standard InChI is InChI=1S/C28H23N5O9S2.Cu/c1-13-9-15-11-18(43(37,38)39)12-22(44(40,41)42)23(15)28(36)25(13)32-33-26-20-10-14(2)24(27(35)19(20)7-8-21(26)34)31-30-17-5-3-16(29)4-6-17;/h3-12,34-36H,29H2,1-2H3,(H,37,38,39)(H,40,41,42);. The molecule has 0 aliphatic carbocycles.